The van der Waals surface area contributed by atoms with Crippen LogP contribution in [-0.4, -0.2) is 0 Å². The first-order chi connectivity index (χ1) is 9.31. The molecule has 0 fully saturated rings. The molecule has 0 N–H and O–H groups in total. The molecular formula is C17H17NO. The number of aryl methyl sites for hydroxylation is 2. The minimum Gasteiger partial charge on any atom is -0.149 e. The molecule has 1 aliphatic carbocycles. The Bertz CT molecular complexity index is 571. The van der Waals surface area contributed by atoms with Crippen LogP contribution in [0.15, 0.2) is 53.7 Å². The fourth-order valence-electron chi connectivity index (χ4n) is 3.24. The number of hydrogen-bond donors (Lipinski definition) is 0. The summed E-state index contributed by atoms with van der Waals surface area (Å²) in [5.41, 5.74) is 3.94. The molecule has 0 heterocycles. The largest absolute Gasteiger partial charge is 0.153 e. The summed E-state index contributed by atoms with van der Waals surface area (Å²) in [6.07, 6.45) is 2.65. The molecule has 0 radical (unpaired) electrons. The van der Waals surface area contributed by atoms with Crippen molar-refractivity contribution in [3.05, 3.63) is 75.7 Å². The Kier molecular flexibility index (Phi) is 2.94. The van der Waals surface area contributed by atoms with Gasteiger partial charge in [-0.3, -0.25) is 0 Å². The van der Waals surface area contributed by atoms with Gasteiger partial charge in [0.15, 0.2) is 5.54 Å². The first-order valence-corrected chi connectivity index (χ1v) is 6.83. The zero-order valence-electron chi connectivity index (χ0n) is 11.1. The van der Waals surface area contributed by atoms with Crippen LogP contribution >= 0.6 is 0 Å². The lowest BCUT2D eigenvalue weighted by Gasteiger charge is -2.27. The predicted octanol–water partition coefficient (Wildman–Crippen LogP) is 4.21. The van der Waals surface area contributed by atoms with Crippen LogP contribution in [0.1, 0.15) is 35.6 Å². The van der Waals surface area contributed by atoms with Gasteiger partial charge in [0.1, 0.15) is 0 Å². The molecule has 3 rings (SSSR count). The number of rotatable bonds is 2. The highest BCUT2D eigenvalue weighted by atomic mass is 16.3. The minimum absolute atomic E-state index is 0.699. The number of nitrogens with zero attached hydrogens (tertiary/aromatic N) is 1. The molecule has 0 saturated heterocycles. The van der Waals surface area contributed by atoms with Gasteiger partial charge >= 0.3 is 0 Å². The molecule has 0 aliphatic heterocycles. The van der Waals surface area contributed by atoms with Crippen molar-refractivity contribution in [3.8, 4) is 0 Å². The predicted molar refractivity (Wildman–Crippen MR) is 77.2 cm³/mol. The summed E-state index contributed by atoms with van der Waals surface area (Å²) in [6, 6.07) is 16.4. The number of nitroso groups, excluding NO2 is 1. The number of hydrogen-bond acceptors (Lipinski definition) is 2. The molecule has 2 aromatic rings. The standard InChI is InChI=1S/C17H17NO/c1-2-17(18-19)15-9-5-3-7-13(15)11-12-14-8-4-6-10-16(14)17/h3-10H,2,11-12H2,1H3. The monoisotopic (exact) mass is 251 g/mol. The van der Waals surface area contributed by atoms with Crippen LogP contribution in [0.2, 0.25) is 0 Å². The summed E-state index contributed by atoms with van der Waals surface area (Å²) in [4.78, 5) is 11.7. The van der Waals surface area contributed by atoms with Crippen molar-refractivity contribution in [1.82, 2.24) is 0 Å². The highest BCUT2D eigenvalue weighted by Gasteiger charge is 2.39. The average molecular weight is 251 g/mol. The van der Waals surface area contributed by atoms with E-state index in [4.69, 9.17) is 0 Å². The second-order valence-corrected chi connectivity index (χ2v) is 5.12. The van der Waals surface area contributed by atoms with Crippen molar-refractivity contribution in [1.29, 1.82) is 0 Å². The third-order valence-electron chi connectivity index (χ3n) is 4.26. The van der Waals surface area contributed by atoms with Crippen molar-refractivity contribution in [2.24, 2.45) is 5.18 Å². The molecule has 0 aromatic heterocycles. The lowest BCUT2D eigenvalue weighted by atomic mass is 9.79. The molecule has 0 amide bonds. The highest BCUT2D eigenvalue weighted by Crippen LogP contribution is 2.42. The Labute approximate surface area is 113 Å². The van der Waals surface area contributed by atoms with Crippen LogP contribution in [0, 0.1) is 4.91 Å². The van der Waals surface area contributed by atoms with Gasteiger partial charge < -0.3 is 0 Å². The normalized spacial score (nSPS) is 16.1. The number of benzene rings is 2. The minimum atomic E-state index is -0.719. The maximum absolute atomic E-state index is 11.7. The molecule has 2 aromatic carbocycles. The molecular weight excluding hydrogens is 234 g/mol. The van der Waals surface area contributed by atoms with E-state index in [2.05, 4.69) is 29.4 Å². The van der Waals surface area contributed by atoms with Crippen LogP contribution < -0.4 is 0 Å². The summed E-state index contributed by atoms with van der Waals surface area (Å²) < 4.78 is 0. The van der Waals surface area contributed by atoms with Gasteiger partial charge in [0.05, 0.1) is 0 Å². The van der Waals surface area contributed by atoms with Crippen LogP contribution in [0.5, 0.6) is 0 Å². The highest BCUT2D eigenvalue weighted by molar-refractivity contribution is 5.49. The Morgan fingerprint density at radius 2 is 1.42 bits per heavy atom. The van der Waals surface area contributed by atoms with Gasteiger partial charge in [-0.1, -0.05) is 60.6 Å². The molecule has 1 aliphatic rings. The summed E-state index contributed by atoms with van der Waals surface area (Å²) in [5, 5.41) is 3.59. The first-order valence-electron chi connectivity index (χ1n) is 6.83. The third kappa shape index (κ3) is 1.71. The average Bonchev–Trinajstić information content (AvgIpc) is 2.62. The van der Waals surface area contributed by atoms with E-state index in [0.29, 0.717) is 6.42 Å². The SMILES string of the molecule is CCC1(N=O)c2ccccc2CCc2ccccc21. The molecule has 0 saturated carbocycles. The van der Waals surface area contributed by atoms with Crippen molar-refractivity contribution in [2.75, 3.05) is 0 Å². The van der Waals surface area contributed by atoms with E-state index in [1.165, 1.54) is 11.1 Å². The molecule has 2 heteroatoms. The van der Waals surface area contributed by atoms with Gasteiger partial charge in [0.25, 0.3) is 0 Å². The molecule has 0 spiro atoms. The molecule has 0 unspecified atom stereocenters. The van der Waals surface area contributed by atoms with E-state index in [9.17, 15) is 4.91 Å². The molecule has 2 nitrogen and oxygen atoms in total. The van der Waals surface area contributed by atoms with Gasteiger partial charge in [-0.2, -0.15) is 0 Å². The van der Waals surface area contributed by atoms with Gasteiger partial charge in [-0.25, -0.2) is 0 Å². The van der Waals surface area contributed by atoms with Gasteiger partial charge in [-0.05, 0) is 41.5 Å². The van der Waals surface area contributed by atoms with Crippen molar-refractivity contribution < 1.29 is 0 Å². The number of fused-ring (bicyclic) bond motifs is 2. The summed E-state index contributed by atoms with van der Waals surface area (Å²) in [7, 11) is 0. The van der Waals surface area contributed by atoms with E-state index < -0.39 is 5.54 Å². The van der Waals surface area contributed by atoms with Crippen LogP contribution in [0.3, 0.4) is 0 Å². The lowest BCUT2D eigenvalue weighted by molar-refractivity contribution is 0.515. The summed E-state index contributed by atoms with van der Waals surface area (Å²) >= 11 is 0. The second kappa shape index (κ2) is 4.61. The second-order valence-electron chi connectivity index (χ2n) is 5.12. The van der Waals surface area contributed by atoms with Gasteiger partial charge in [-0.15, -0.1) is 4.91 Å². The molecule has 0 atom stereocenters. The Hall–Kier alpha value is -1.96. The van der Waals surface area contributed by atoms with E-state index in [-0.39, 0.29) is 0 Å². The van der Waals surface area contributed by atoms with Crippen LogP contribution in [-0.2, 0) is 18.4 Å². The van der Waals surface area contributed by atoms with Gasteiger partial charge in [0.2, 0.25) is 0 Å². The summed E-state index contributed by atoms with van der Waals surface area (Å²) in [6.45, 7) is 2.04. The third-order valence-corrected chi connectivity index (χ3v) is 4.26. The first kappa shape index (κ1) is 12.1. The van der Waals surface area contributed by atoms with Crippen molar-refractivity contribution in [3.63, 3.8) is 0 Å². The zero-order valence-corrected chi connectivity index (χ0v) is 11.1. The lowest BCUT2D eigenvalue weighted by Crippen LogP contribution is -2.25. The Morgan fingerprint density at radius 3 is 1.84 bits per heavy atom. The fraction of sp³-hybridized carbons (Fsp3) is 0.294. The van der Waals surface area contributed by atoms with E-state index in [1.54, 1.807) is 0 Å². The van der Waals surface area contributed by atoms with E-state index in [0.717, 1.165) is 24.0 Å². The van der Waals surface area contributed by atoms with E-state index >= 15 is 0 Å². The van der Waals surface area contributed by atoms with E-state index in [1.807, 2.05) is 31.2 Å². The summed E-state index contributed by atoms with van der Waals surface area (Å²) in [5.74, 6) is 0. The molecule has 96 valence electrons. The van der Waals surface area contributed by atoms with Crippen molar-refractivity contribution >= 4 is 0 Å². The van der Waals surface area contributed by atoms with Crippen LogP contribution in [0.25, 0.3) is 0 Å². The zero-order chi connectivity index (χ0) is 13.3. The quantitative estimate of drug-likeness (QED) is 0.735. The topological polar surface area (TPSA) is 29.4 Å². The van der Waals surface area contributed by atoms with Crippen molar-refractivity contribution in [2.45, 2.75) is 31.7 Å². The Balaban J connectivity index is 2.34. The Morgan fingerprint density at radius 1 is 0.947 bits per heavy atom. The maximum Gasteiger partial charge on any atom is 0.153 e. The van der Waals surface area contributed by atoms with Gasteiger partial charge in [0, 0.05) is 0 Å². The fourth-order valence-corrected chi connectivity index (χ4v) is 3.24. The molecule has 19 heavy (non-hydrogen) atoms. The van der Waals surface area contributed by atoms with Crippen LogP contribution in [0.4, 0.5) is 0 Å². The smallest absolute Gasteiger partial charge is 0.149 e. The maximum atomic E-state index is 11.7. The molecule has 0 bridgehead atoms.